The molecule has 0 aliphatic carbocycles. The lowest BCUT2D eigenvalue weighted by Gasteiger charge is -2.26. The quantitative estimate of drug-likeness (QED) is 0.859. The highest BCUT2D eigenvalue weighted by Crippen LogP contribution is 2.28. The van der Waals surface area contributed by atoms with Crippen molar-refractivity contribution in [1.29, 1.82) is 0 Å². The van der Waals surface area contributed by atoms with Gasteiger partial charge in [0.05, 0.1) is 12.2 Å². The minimum Gasteiger partial charge on any atom is -0.491 e. The zero-order chi connectivity index (χ0) is 14.1. The average molecular weight is 282 g/mol. The normalized spacial score (nSPS) is 17.4. The van der Waals surface area contributed by atoms with Gasteiger partial charge in [0.25, 0.3) is 0 Å². The Morgan fingerprint density at radius 3 is 3.14 bits per heavy atom. The van der Waals surface area contributed by atoms with Crippen LogP contribution in [0.25, 0.3) is 0 Å². The zero-order valence-corrected chi connectivity index (χ0v) is 11.9. The van der Waals surface area contributed by atoms with Gasteiger partial charge in [-0.2, -0.15) is 0 Å². The number of anilines is 1. The Morgan fingerprint density at radius 2 is 2.14 bits per heavy atom. The van der Waals surface area contributed by atoms with Gasteiger partial charge in [-0.25, -0.2) is 9.97 Å². The minimum atomic E-state index is 0.689. The van der Waals surface area contributed by atoms with Crippen molar-refractivity contribution in [2.24, 2.45) is 0 Å². The molecule has 0 saturated heterocycles. The molecule has 108 valence electrons. The lowest BCUT2D eigenvalue weighted by Crippen LogP contribution is -2.31. The highest BCUT2D eigenvalue weighted by molar-refractivity contribution is 5.51. The molecule has 3 heterocycles. The van der Waals surface area contributed by atoms with Crippen molar-refractivity contribution in [1.82, 2.24) is 15.3 Å². The summed E-state index contributed by atoms with van der Waals surface area (Å²) in [5.41, 5.74) is 3.64. The fourth-order valence-corrected chi connectivity index (χ4v) is 3.05. The molecule has 2 aliphatic heterocycles. The maximum Gasteiger partial charge on any atom is 0.135 e. The van der Waals surface area contributed by atoms with Crippen LogP contribution < -0.4 is 15.0 Å². The van der Waals surface area contributed by atoms with Crippen LogP contribution in [-0.4, -0.2) is 29.7 Å². The molecule has 0 unspecified atom stereocenters. The maximum absolute atomic E-state index is 5.85. The number of nitrogens with zero attached hydrogens (tertiary/aromatic N) is 3. The first kappa shape index (κ1) is 12.6. The predicted octanol–water partition coefficient (Wildman–Crippen LogP) is 1.52. The molecular weight excluding hydrogens is 264 g/mol. The Kier molecular flexibility index (Phi) is 3.20. The number of para-hydroxylation sites is 1. The third-order valence-corrected chi connectivity index (χ3v) is 4.11. The van der Waals surface area contributed by atoms with Gasteiger partial charge in [-0.3, -0.25) is 0 Å². The summed E-state index contributed by atoms with van der Waals surface area (Å²) < 4.78 is 5.85. The van der Waals surface area contributed by atoms with Crippen LogP contribution in [0.4, 0.5) is 5.82 Å². The van der Waals surface area contributed by atoms with Gasteiger partial charge in [-0.15, -0.1) is 0 Å². The molecule has 0 amide bonds. The summed E-state index contributed by atoms with van der Waals surface area (Å²) in [5.74, 6) is 2.06. The molecule has 2 aromatic rings. The van der Waals surface area contributed by atoms with Crippen LogP contribution in [0.15, 0.2) is 30.6 Å². The topological polar surface area (TPSA) is 50.3 Å². The van der Waals surface area contributed by atoms with E-state index in [2.05, 4.69) is 32.3 Å². The van der Waals surface area contributed by atoms with Crippen LogP contribution in [0.2, 0.25) is 0 Å². The number of hydrogen-bond donors (Lipinski definition) is 1. The Bertz CT molecular complexity index is 658. The molecule has 0 saturated carbocycles. The number of nitrogens with one attached hydrogen (secondary N) is 1. The molecule has 21 heavy (non-hydrogen) atoms. The lowest BCUT2D eigenvalue weighted by molar-refractivity contribution is 0.331. The SMILES string of the molecule is c1ccc2c(c1)CN(c1ncnc3c1CCNC3)CCO2. The molecule has 0 bridgehead atoms. The Morgan fingerprint density at radius 1 is 1.19 bits per heavy atom. The fraction of sp³-hybridized carbons (Fsp3) is 0.375. The summed E-state index contributed by atoms with van der Waals surface area (Å²) in [7, 11) is 0. The molecule has 1 N–H and O–H groups in total. The first-order valence-electron chi connectivity index (χ1n) is 7.41. The summed E-state index contributed by atoms with van der Waals surface area (Å²) >= 11 is 0. The molecule has 1 aromatic heterocycles. The van der Waals surface area contributed by atoms with Crippen LogP contribution >= 0.6 is 0 Å². The van der Waals surface area contributed by atoms with E-state index in [4.69, 9.17) is 4.74 Å². The largest absolute Gasteiger partial charge is 0.491 e. The van der Waals surface area contributed by atoms with Crippen molar-refractivity contribution in [2.45, 2.75) is 19.5 Å². The van der Waals surface area contributed by atoms with Crippen molar-refractivity contribution in [2.75, 3.05) is 24.6 Å². The molecule has 2 aliphatic rings. The van der Waals surface area contributed by atoms with Crippen LogP contribution in [0.1, 0.15) is 16.8 Å². The van der Waals surface area contributed by atoms with Crippen LogP contribution in [0.3, 0.4) is 0 Å². The van der Waals surface area contributed by atoms with Gasteiger partial charge in [0.15, 0.2) is 0 Å². The molecule has 0 spiro atoms. The number of rotatable bonds is 1. The van der Waals surface area contributed by atoms with Crippen LogP contribution in [-0.2, 0) is 19.5 Å². The highest BCUT2D eigenvalue weighted by Gasteiger charge is 2.22. The highest BCUT2D eigenvalue weighted by atomic mass is 16.5. The third-order valence-electron chi connectivity index (χ3n) is 4.11. The molecule has 1 aromatic carbocycles. The standard InChI is InChI=1S/C16H18N4O/c1-2-4-15-12(3-1)10-20(7-8-21-15)16-13-5-6-17-9-14(13)18-11-19-16/h1-4,11,17H,5-10H2. The predicted molar refractivity (Wildman–Crippen MR) is 80.4 cm³/mol. The number of fused-ring (bicyclic) bond motifs is 2. The molecule has 0 fully saturated rings. The van der Waals surface area contributed by atoms with E-state index in [0.29, 0.717) is 6.61 Å². The molecule has 5 heteroatoms. The monoisotopic (exact) mass is 282 g/mol. The van der Waals surface area contributed by atoms with Crippen molar-refractivity contribution in [3.8, 4) is 5.75 Å². The van der Waals surface area contributed by atoms with E-state index in [0.717, 1.165) is 49.9 Å². The van der Waals surface area contributed by atoms with Gasteiger partial charge < -0.3 is 15.0 Å². The number of benzene rings is 1. The Labute approximate surface area is 124 Å². The Balaban J connectivity index is 1.71. The van der Waals surface area contributed by atoms with Crippen molar-refractivity contribution < 1.29 is 4.74 Å². The summed E-state index contributed by atoms with van der Waals surface area (Å²) in [4.78, 5) is 11.3. The van der Waals surface area contributed by atoms with Gasteiger partial charge in [0.1, 0.15) is 24.5 Å². The van der Waals surface area contributed by atoms with Crippen LogP contribution in [0, 0.1) is 0 Å². The summed E-state index contributed by atoms with van der Waals surface area (Å²) in [6.07, 6.45) is 2.67. The van der Waals surface area contributed by atoms with E-state index in [9.17, 15) is 0 Å². The van der Waals surface area contributed by atoms with E-state index in [1.165, 1.54) is 11.1 Å². The maximum atomic E-state index is 5.85. The number of hydrogen-bond acceptors (Lipinski definition) is 5. The van der Waals surface area contributed by atoms with E-state index in [1.807, 2.05) is 12.1 Å². The van der Waals surface area contributed by atoms with E-state index >= 15 is 0 Å². The Hall–Kier alpha value is -2.14. The van der Waals surface area contributed by atoms with E-state index < -0.39 is 0 Å². The molecular formula is C16H18N4O. The third kappa shape index (κ3) is 2.34. The van der Waals surface area contributed by atoms with Gasteiger partial charge in [-0.05, 0) is 19.0 Å². The molecule has 5 nitrogen and oxygen atoms in total. The number of ether oxygens (including phenoxy) is 1. The summed E-state index contributed by atoms with van der Waals surface area (Å²) in [6.45, 7) is 4.22. The van der Waals surface area contributed by atoms with Crippen molar-refractivity contribution in [3.63, 3.8) is 0 Å². The van der Waals surface area contributed by atoms with Gasteiger partial charge in [-0.1, -0.05) is 18.2 Å². The fourth-order valence-electron chi connectivity index (χ4n) is 3.05. The second-order valence-corrected chi connectivity index (χ2v) is 5.43. The second kappa shape index (κ2) is 5.33. The van der Waals surface area contributed by atoms with E-state index in [-0.39, 0.29) is 0 Å². The van der Waals surface area contributed by atoms with Crippen molar-refractivity contribution in [3.05, 3.63) is 47.4 Å². The first-order chi connectivity index (χ1) is 10.4. The summed E-state index contributed by atoms with van der Waals surface area (Å²) in [5, 5.41) is 3.37. The number of aromatic nitrogens is 2. The van der Waals surface area contributed by atoms with Crippen LogP contribution in [0.5, 0.6) is 5.75 Å². The average Bonchev–Trinajstić information content (AvgIpc) is 2.76. The van der Waals surface area contributed by atoms with E-state index in [1.54, 1.807) is 6.33 Å². The van der Waals surface area contributed by atoms with Gasteiger partial charge in [0.2, 0.25) is 0 Å². The lowest BCUT2D eigenvalue weighted by atomic mass is 10.1. The van der Waals surface area contributed by atoms with Crippen molar-refractivity contribution >= 4 is 5.82 Å². The smallest absolute Gasteiger partial charge is 0.135 e. The summed E-state index contributed by atoms with van der Waals surface area (Å²) in [6, 6.07) is 8.25. The second-order valence-electron chi connectivity index (χ2n) is 5.43. The van der Waals surface area contributed by atoms with Gasteiger partial charge >= 0.3 is 0 Å². The van der Waals surface area contributed by atoms with Gasteiger partial charge in [0, 0.05) is 24.2 Å². The molecule has 0 atom stereocenters. The first-order valence-corrected chi connectivity index (χ1v) is 7.41. The molecule has 0 radical (unpaired) electrons. The zero-order valence-electron chi connectivity index (χ0n) is 11.9. The minimum absolute atomic E-state index is 0.689. The molecule has 4 rings (SSSR count).